The molecule has 1 saturated heterocycles. The van der Waals surface area contributed by atoms with Crippen molar-refractivity contribution in [1.82, 2.24) is 20.0 Å². The number of pyridine rings is 1. The van der Waals surface area contributed by atoms with E-state index in [1.165, 1.54) is 0 Å². The van der Waals surface area contributed by atoms with Crippen LogP contribution in [0.4, 0.5) is 10.6 Å². The van der Waals surface area contributed by atoms with Crippen molar-refractivity contribution in [3.8, 4) is 0 Å². The van der Waals surface area contributed by atoms with E-state index in [0.717, 1.165) is 24.6 Å². The van der Waals surface area contributed by atoms with Crippen LogP contribution in [0.3, 0.4) is 0 Å². The summed E-state index contributed by atoms with van der Waals surface area (Å²) in [5.41, 5.74) is 0.0858. The van der Waals surface area contributed by atoms with Crippen LogP contribution < -0.4 is 5.01 Å². The smallest absolute Gasteiger partial charge is 0.429 e. The Kier molecular flexibility index (Phi) is 5.53. The number of rotatable bonds is 1. The third kappa shape index (κ3) is 4.35. The first-order chi connectivity index (χ1) is 12.2. The number of fused-ring (bicyclic) bond motifs is 1. The molecule has 7 nitrogen and oxygen atoms in total. The summed E-state index contributed by atoms with van der Waals surface area (Å²) in [6.45, 7) is 6.75. The number of carbonyl (C=O) groups is 1. The molecule has 0 atom stereocenters. The summed E-state index contributed by atoms with van der Waals surface area (Å²) in [4.78, 5) is 25.7. The third-order valence-corrected chi connectivity index (χ3v) is 4.48. The number of amides is 1. The summed E-state index contributed by atoms with van der Waals surface area (Å²) in [6.07, 6.45) is 4.15. The average molecular weight is 443 g/mol. The number of hydrogen-bond acceptors (Lipinski definition) is 6. The van der Waals surface area contributed by atoms with E-state index in [1.807, 2.05) is 25.8 Å². The van der Waals surface area contributed by atoms with Crippen molar-refractivity contribution in [2.45, 2.75) is 45.6 Å². The second-order valence-corrected chi connectivity index (χ2v) is 8.28. The molecule has 140 valence electrons. The van der Waals surface area contributed by atoms with Gasteiger partial charge in [0.15, 0.2) is 5.82 Å². The largest absolute Gasteiger partial charge is 0.442 e. The van der Waals surface area contributed by atoms with Crippen molar-refractivity contribution in [3.63, 3.8) is 0 Å². The monoisotopic (exact) mass is 441 g/mol. The zero-order valence-corrected chi connectivity index (χ0v) is 17.3. The maximum Gasteiger partial charge on any atom is 0.429 e. The van der Waals surface area contributed by atoms with Gasteiger partial charge in [0, 0.05) is 19.3 Å². The van der Waals surface area contributed by atoms with E-state index in [-0.39, 0.29) is 5.28 Å². The van der Waals surface area contributed by atoms with E-state index in [0.29, 0.717) is 29.0 Å². The lowest BCUT2D eigenvalue weighted by Gasteiger charge is -2.35. The maximum atomic E-state index is 12.8. The number of hydrogen-bond donors (Lipinski definition) is 0. The van der Waals surface area contributed by atoms with Crippen LogP contribution in [0.2, 0.25) is 5.28 Å². The van der Waals surface area contributed by atoms with E-state index >= 15 is 0 Å². The molecule has 1 aliphatic heterocycles. The second kappa shape index (κ2) is 7.52. The molecule has 0 saturated carbocycles. The normalized spacial score (nSPS) is 15.9. The molecule has 2 aromatic rings. The number of anilines is 1. The molecule has 2 aromatic heterocycles. The van der Waals surface area contributed by atoms with Crippen molar-refractivity contribution in [3.05, 3.63) is 22.1 Å². The van der Waals surface area contributed by atoms with Crippen LogP contribution in [0.25, 0.3) is 10.9 Å². The SMILES string of the molecule is CC(C)(C)OC(=O)N1CCCCCN1c1nc(Cl)nc2cc(Br)ncc12. The van der Waals surface area contributed by atoms with Crippen molar-refractivity contribution in [1.29, 1.82) is 0 Å². The summed E-state index contributed by atoms with van der Waals surface area (Å²) in [6, 6.07) is 1.78. The summed E-state index contributed by atoms with van der Waals surface area (Å²) in [5.74, 6) is 0.563. The Morgan fingerprint density at radius 3 is 2.69 bits per heavy atom. The van der Waals surface area contributed by atoms with Gasteiger partial charge in [-0.25, -0.2) is 19.8 Å². The van der Waals surface area contributed by atoms with Gasteiger partial charge in [-0.3, -0.25) is 5.01 Å². The molecule has 0 bridgehead atoms. The van der Waals surface area contributed by atoms with Crippen LogP contribution >= 0.6 is 27.5 Å². The van der Waals surface area contributed by atoms with Crippen LogP contribution in [-0.2, 0) is 4.74 Å². The Morgan fingerprint density at radius 2 is 1.96 bits per heavy atom. The Morgan fingerprint density at radius 1 is 1.23 bits per heavy atom. The molecule has 0 unspecified atom stereocenters. The number of ether oxygens (including phenoxy) is 1. The molecule has 0 N–H and O–H groups in total. The summed E-state index contributed by atoms with van der Waals surface area (Å²) < 4.78 is 6.25. The summed E-state index contributed by atoms with van der Waals surface area (Å²) in [7, 11) is 0. The molecule has 1 amide bonds. The molecular weight excluding hydrogens is 422 g/mol. The van der Waals surface area contributed by atoms with Crippen molar-refractivity contribution in [2.75, 3.05) is 18.1 Å². The van der Waals surface area contributed by atoms with Crippen molar-refractivity contribution in [2.24, 2.45) is 0 Å². The number of carbonyl (C=O) groups excluding carboxylic acids is 1. The van der Waals surface area contributed by atoms with Crippen molar-refractivity contribution >= 4 is 50.3 Å². The molecule has 0 aliphatic carbocycles. The van der Waals surface area contributed by atoms with Crippen LogP contribution in [0.1, 0.15) is 40.0 Å². The zero-order valence-electron chi connectivity index (χ0n) is 15.0. The Hall–Kier alpha value is -1.67. The lowest BCUT2D eigenvalue weighted by atomic mass is 10.2. The molecule has 3 rings (SSSR count). The van der Waals surface area contributed by atoms with Crippen molar-refractivity contribution < 1.29 is 9.53 Å². The molecule has 26 heavy (non-hydrogen) atoms. The van der Waals surface area contributed by atoms with E-state index in [1.54, 1.807) is 17.3 Å². The van der Waals surface area contributed by atoms with Gasteiger partial charge in [-0.2, -0.15) is 4.98 Å². The van der Waals surface area contributed by atoms with Gasteiger partial charge >= 0.3 is 6.09 Å². The first-order valence-electron chi connectivity index (χ1n) is 8.51. The van der Waals surface area contributed by atoms with Gasteiger partial charge in [-0.1, -0.05) is 0 Å². The molecule has 0 radical (unpaired) electrons. The lowest BCUT2D eigenvalue weighted by Crippen LogP contribution is -2.49. The zero-order chi connectivity index (χ0) is 18.9. The molecule has 3 heterocycles. The minimum absolute atomic E-state index is 0.124. The fraction of sp³-hybridized carbons (Fsp3) is 0.529. The highest BCUT2D eigenvalue weighted by Gasteiger charge is 2.30. The van der Waals surface area contributed by atoms with Gasteiger partial charge < -0.3 is 4.74 Å². The van der Waals surface area contributed by atoms with E-state index in [2.05, 4.69) is 30.9 Å². The Bertz CT molecular complexity index is 821. The third-order valence-electron chi connectivity index (χ3n) is 3.88. The van der Waals surface area contributed by atoms with Crippen LogP contribution in [-0.4, -0.2) is 44.7 Å². The Labute approximate surface area is 165 Å². The standard InChI is InChI=1S/C17H21BrClN5O2/c1-17(2,3)26-16(25)24-8-6-4-5-7-23(24)14-11-10-20-13(18)9-12(11)21-15(19)22-14/h9-10H,4-8H2,1-3H3. The number of hydrazine groups is 1. The minimum Gasteiger partial charge on any atom is -0.442 e. The second-order valence-electron chi connectivity index (χ2n) is 7.13. The van der Waals surface area contributed by atoms with Gasteiger partial charge in [-0.05, 0) is 73.6 Å². The molecule has 1 fully saturated rings. The fourth-order valence-corrected chi connectivity index (χ4v) is 3.31. The van der Waals surface area contributed by atoms with Gasteiger partial charge in [0.05, 0.1) is 10.9 Å². The van der Waals surface area contributed by atoms with Crippen LogP contribution in [0, 0.1) is 0 Å². The molecule has 9 heteroatoms. The van der Waals surface area contributed by atoms with Crippen LogP contribution in [0.5, 0.6) is 0 Å². The first-order valence-corrected chi connectivity index (χ1v) is 9.68. The average Bonchev–Trinajstić information content (AvgIpc) is 2.77. The van der Waals surface area contributed by atoms with Crippen LogP contribution in [0.15, 0.2) is 16.9 Å². The summed E-state index contributed by atoms with van der Waals surface area (Å²) >= 11 is 9.50. The van der Waals surface area contributed by atoms with Gasteiger partial charge in [-0.15, -0.1) is 0 Å². The highest BCUT2D eigenvalue weighted by atomic mass is 79.9. The van der Waals surface area contributed by atoms with E-state index in [9.17, 15) is 4.79 Å². The fourth-order valence-electron chi connectivity index (χ4n) is 2.82. The molecular formula is C17H21BrClN5O2. The summed E-state index contributed by atoms with van der Waals surface area (Å²) in [5, 5.41) is 4.30. The highest BCUT2D eigenvalue weighted by Crippen LogP contribution is 2.29. The topological polar surface area (TPSA) is 71.5 Å². The Balaban J connectivity index is 2.06. The molecule has 1 aliphatic rings. The quantitative estimate of drug-likeness (QED) is 0.475. The predicted octanol–water partition coefficient (Wildman–Crippen LogP) is 4.58. The molecule has 0 spiro atoms. The highest BCUT2D eigenvalue weighted by molar-refractivity contribution is 9.10. The van der Waals surface area contributed by atoms with Gasteiger partial charge in [0.2, 0.25) is 5.28 Å². The molecule has 0 aromatic carbocycles. The van der Waals surface area contributed by atoms with Gasteiger partial charge in [0.1, 0.15) is 10.2 Å². The predicted molar refractivity (Wildman–Crippen MR) is 104 cm³/mol. The first kappa shape index (κ1) is 19.1. The lowest BCUT2D eigenvalue weighted by molar-refractivity contribution is 0.0232. The van der Waals surface area contributed by atoms with E-state index in [4.69, 9.17) is 16.3 Å². The number of halogens is 2. The van der Waals surface area contributed by atoms with Gasteiger partial charge in [0.25, 0.3) is 0 Å². The van der Waals surface area contributed by atoms with E-state index < -0.39 is 11.7 Å². The minimum atomic E-state index is -0.577. The maximum absolute atomic E-state index is 12.8. The number of nitrogens with zero attached hydrogens (tertiary/aromatic N) is 5. The number of aromatic nitrogens is 3.